The Bertz CT molecular complexity index is 900. The van der Waals surface area contributed by atoms with Crippen molar-refractivity contribution in [1.82, 2.24) is 9.80 Å². The zero-order valence-corrected chi connectivity index (χ0v) is 24.5. The van der Waals surface area contributed by atoms with Gasteiger partial charge in [0.15, 0.2) is 0 Å². The molecule has 2 aromatic carbocycles. The van der Waals surface area contributed by atoms with Gasteiger partial charge in [0.25, 0.3) is 5.69 Å². The van der Waals surface area contributed by atoms with Crippen molar-refractivity contribution in [2.45, 2.75) is 53.0 Å². The molecule has 0 bridgehead atoms. The van der Waals surface area contributed by atoms with Crippen LogP contribution in [0.4, 0.5) is 5.69 Å². The molecule has 198 valence electrons. The maximum Gasteiger partial charge on any atom is 4.00 e. The Balaban J connectivity index is 0. The second-order valence-electron chi connectivity index (χ2n) is 8.49. The van der Waals surface area contributed by atoms with Gasteiger partial charge in [-0.25, -0.2) is 0 Å². The molecule has 0 aliphatic heterocycles. The van der Waals surface area contributed by atoms with Crippen LogP contribution in [-0.4, -0.2) is 54.1 Å². The number of nitro groups is 1. The summed E-state index contributed by atoms with van der Waals surface area (Å²) < 4.78 is 0. The molecule has 2 rings (SSSR count). The molecule has 12 heteroatoms. The summed E-state index contributed by atoms with van der Waals surface area (Å²) >= 11 is 11.9. The summed E-state index contributed by atoms with van der Waals surface area (Å²) in [5.74, 6) is -0.553. The number of non-ortho nitro benzene ring substituents is 1. The summed E-state index contributed by atoms with van der Waals surface area (Å²) in [5.41, 5.74) is 0.774. The number of likely N-dealkylation sites (N-methyl/N-ethyl adjacent to an activating group) is 2. The number of hydrogen-bond acceptors (Lipinski definition) is 8. The first-order valence-electron chi connectivity index (χ1n) is 10.9. The molecule has 0 aliphatic rings. The smallest absolute Gasteiger partial charge is 0.872 e. The maximum absolute atomic E-state index is 12.0. The largest absolute Gasteiger partial charge is 4.00 e. The van der Waals surface area contributed by atoms with Crippen LogP contribution in [0.1, 0.15) is 38.8 Å². The summed E-state index contributed by atoms with van der Waals surface area (Å²) in [6, 6.07) is 6.73. The van der Waals surface area contributed by atoms with Crippen LogP contribution in [0.5, 0.6) is 11.5 Å². The number of rotatable bonds is 8. The molecule has 36 heavy (non-hydrogen) atoms. The monoisotopic (exact) mass is 577 g/mol. The Hall–Kier alpha value is -1.43. The molecule has 0 unspecified atom stereocenters. The second-order valence-corrected chi connectivity index (χ2v) is 9.33. The minimum atomic E-state index is -0.587. The van der Waals surface area contributed by atoms with Crippen LogP contribution >= 0.6 is 23.2 Å². The average molecular weight is 578 g/mol. The zero-order valence-electron chi connectivity index (χ0n) is 21.4. The van der Waals surface area contributed by atoms with Gasteiger partial charge in [-0.1, -0.05) is 68.8 Å². The van der Waals surface area contributed by atoms with E-state index in [1.807, 2.05) is 23.9 Å². The first-order chi connectivity index (χ1) is 16.1. The fraction of sp³-hybridized carbons (Fsp3) is 0.500. The van der Waals surface area contributed by atoms with E-state index in [0.29, 0.717) is 47.4 Å². The van der Waals surface area contributed by atoms with Crippen molar-refractivity contribution in [3.63, 3.8) is 0 Å². The molecule has 0 N–H and O–H groups in total. The van der Waals surface area contributed by atoms with Crippen LogP contribution in [0.2, 0.25) is 10.0 Å². The van der Waals surface area contributed by atoms with Gasteiger partial charge in [0.2, 0.25) is 0 Å². The molecule has 0 amide bonds. The molecule has 0 aliphatic carbocycles. The van der Waals surface area contributed by atoms with Crippen LogP contribution in [0, 0.1) is 10.1 Å². The van der Waals surface area contributed by atoms with E-state index in [4.69, 9.17) is 23.2 Å². The molecular weight excluding hydrogens is 545 g/mol. The van der Waals surface area contributed by atoms with Crippen molar-refractivity contribution in [3.8, 4) is 11.5 Å². The standard InChI is InChI=1S/C18H21Cl2N3O4.2C3H7O.Ti/c1-21(10-12-3-4-14(23(26)27)9-17(12)24)5-6-22(2)11-15-16(20)7-13(19)8-18(15)25;2*1-3(2)4;/h3-4,7-9,24-25H,5-6,10-11H2,1-2H3;2*3H,1-2H3;/q;2*-1;+4/p-2. The molecule has 0 saturated heterocycles. The van der Waals surface area contributed by atoms with Gasteiger partial charge >= 0.3 is 21.7 Å². The third kappa shape index (κ3) is 16.3. The van der Waals surface area contributed by atoms with Crippen molar-refractivity contribution < 1.29 is 47.1 Å². The third-order valence-electron chi connectivity index (χ3n) is 4.11. The Morgan fingerprint density at radius 1 is 0.861 bits per heavy atom. The van der Waals surface area contributed by atoms with E-state index in [1.165, 1.54) is 18.2 Å². The summed E-state index contributed by atoms with van der Waals surface area (Å²) in [7, 11) is 3.71. The predicted octanol–water partition coefficient (Wildman–Crippen LogP) is 2.12. The van der Waals surface area contributed by atoms with Gasteiger partial charge in [0.05, 0.1) is 4.92 Å². The topological polar surface area (TPSA) is 142 Å². The first kappa shape index (κ1) is 36.7. The number of nitrogens with zero attached hydrogens (tertiary/aromatic N) is 3. The number of hydrogen-bond donors (Lipinski definition) is 0. The Labute approximate surface area is 238 Å². The summed E-state index contributed by atoms with van der Waals surface area (Å²) in [5, 5.41) is 54.4. The Morgan fingerprint density at radius 3 is 1.75 bits per heavy atom. The van der Waals surface area contributed by atoms with Gasteiger partial charge in [-0.15, -0.1) is 18.0 Å². The number of nitro benzene ring substituents is 1. The summed E-state index contributed by atoms with van der Waals surface area (Å²) in [6.07, 6.45) is -0.833. The minimum Gasteiger partial charge on any atom is -0.872 e. The van der Waals surface area contributed by atoms with Crippen molar-refractivity contribution in [2.24, 2.45) is 0 Å². The maximum atomic E-state index is 12.0. The van der Waals surface area contributed by atoms with E-state index < -0.39 is 17.1 Å². The van der Waals surface area contributed by atoms with E-state index in [9.17, 15) is 30.5 Å². The van der Waals surface area contributed by atoms with Gasteiger partial charge < -0.3 is 30.2 Å². The molecular formula is C24H33Cl2N3O6Ti. The fourth-order valence-corrected chi connectivity index (χ4v) is 3.12. The van der Waals surface area contributed by atoms with Gasteiger partial charge in [-0.2, -0.15) is 0 Å². The average Bonchev–Trinajstić information content (AvgIpc) is 2.69. The van der Waals surface area contributed by atoms with Crippen molar-refractivity contribution in [1.29, 1.82) is 0 Å². The first-order valence-corrected chi connectivity index (χ1v) is 11.7. The van der Waals surface area contributed by atoms with Crippen LogP contribution < -0.4 is 20.4 Å². The molecule has 0 fully saturated rings. The van der Waals surface area contributed by atoms with E-state index >= 15 is 0 Å². The van der Waals surface area contributed by atoms with Crippen LogP contribution in [0.25, 0.3) is 0 Å². The zero-order chi connectivity index (χ0) is 27.3. The second kappa shape index (κ2) is 18.8. The van der Waals surface area contributed by atoms with Gasteiger partial charge in [-0.05, 0) is 31.3 Å². The number of benzene rings is 2. The Morgan fingerprint density at radius 2 is 1.33 bits per heavy atom. The van der Waals surface area contributed by atoms with Crippen molar-refractivity contribution >= 4 is 28.9 Å². The minimum absolute atomic E-state index is 0. The molecule has 2 aromatic rings. The molecule has 0 atom stereocenters. The van der Waals surface area contributed by atoms with Gasteiger partial charge in [0, 0.05) is 48.4 Å². The van der Waals surface area contributed by atoms with E-state index in [0.717, 1.165) is 6.07 Å². The fourth-order valence-electron chi connectivity index (χ4n) is 2.58. The van der Waals surface area contributed by atoms with Crippen LogP contribution in [0.3, 0.4) is 0 Å². The molecule has 9 nitrogen and oxygen atoms in total. The van der Waals surface area contributed by atoms with Gasteiger partial charge in [-0.3, -0.25) is 10.1 Å². The third-order valence-corrected chi connectivity index (χ3v) is 4.67. The van der Waals surface area contributed by atoms with Crippen LogP contribution in [-0.2, 0) is 34.8 Å². The van der Waals surface area contributed by atoms with E-state index in [1.54, 1.807) is 33.8 Å². The Kier molecular flexibility index (Phi) is 19.1. The summed E-state index contributed by atoms with van der Waals surface area (Å²) in [4.78, 5) is 14.0. The quantitative estimate of drug-likeness (QED) is 0.264. The molecule has 0 spiro atoms. The normalized spacial score (nSPS) is 10.5. The molecule has 0 heterocycles. The van der Waals surface area contributed by atoms with Crippen molar-refractivity contribution in [2.75, 3.05) is 27.2 Å². The van der Waals surface area contributed by atoms with E-state index in [-0.39, 0.29) is 38.9 Å². The van der Waals surface area contributed by atoms with Crippen LogP contribution in [0.15, 0.2) is 30.3 Å². The number of halogens is 2. The SMILES string of the molecule is CC(C)[O-].CC(C)[O-].CN(CCN(C)Cc1c([O-])cc(Cl)cc1Cl)Cc1ccc([N+](=O)[O-])cc1[O-].[Ti+4]. The van der Waals surface area contributed by atoms with Gasteiger partial charge in [0.1, 0.15) is 0 Å². The summed E-state index contributed by atoms with van der Waals surface area (Å²) in [6.45, 7) is 8.47. The van der Waals surface area contributed by atoms with E-state index in [2.05, 4.69) is 0 Å². The van der Waals surface area contributed by atoms with Crippen molar-refractivity contribution in [3.05, 3.63) is 61.6 Å². The predicted molar refractivity (Wildman–Crippen MR) is 131 cm³/mol. The molecule has 0 radical (unpaired) electrons. The molecule has 0 aromatic heterocycles. The molecule has 0 saturated carbocycles.